The average molecular weight is 634 g/mol. The average Bonchev–Trinajstić information content (AvgIpc) is 3.78. The lowest BCUT2D eigenvalue weighted by Crippen LogP contribution is -2.53. The number of aryl methyl sites for hydroxylation is 1. The number of ether oxygens (including phenoxy) is 1. The quantitative estimate of drug-likeness (QED) is 0.187. The molecule has 3 aliphatic heterocycles. The normalized spacial score (nSPS) is 21.8. The van der Waals surface area contributed by atoms with E-state index in [4.69, 9.17) is 4.74 Å². The summed E-state index contributed by atoms with van der Waals surface area (Å²) in [6, 6.07) is 26.6. The molecule has 3 N–H and O–H groups in total. The van der Waals surface area contributed by atoms with Crippen molar-refractivity contribution in [2.24, 2.45) is 0 Å². The fraction of sp³-hybridized carbons (Fsp3) is 0.436. The van der Waals surface area contributed by atoms with Crippen LogP contribution in [0.5, 0.6) is 0 Å². The maximum atomic E-state index is 14.2. The Bertz CT molecular complexity index is 1660. The highest BCUT2D eigenvalue weighted by Crippen LogP contribution is 2.32. The molecule has 8 nitrogen and oxygen atoms in total. The molecule has 4 atom stereocenters. The summed E-state index contributed by atoms with van der Waals surface area (Å²) >= 11 is 0. The number of morpholine rings is 1. The summed E-state index contributed by atoms with van der Waals surface area (Å²) in [4.78, 5) is 35.6. The van der Waals surface area contributed by atoms with Crippen molar-refractivity contribution in [1.82, 2.24) is 25.4 Å². The molecule has 0 aliphatic carbocycles. The van der Waals surface area contributed by atoms with Gasteiger partial charge < -0.3 is 25.3 Å². The van der Waals surface area contributed by atoms with Crippen molar-refractivity contribution in [2.45, 2.75) is 69.1 Å². The first-order chi connectivity index (χ1) is 23.0. The highest BCUT2D eigenvalue weighted by atomic mass is 16.5. The summed E-state index contributed by atoms with van der Waals surface area (Å²) in [5.74, 6) is 0.338. The van der Waals surface area contributed by atoms with E-state index >= 15 is 0 Å². The molecule has 3 saturated heterocycles. The predicted molar refractivity (Wildman–Crippen MR) is 186 cm³/mol. The Morgan fingerprint density at radius 3 is 2.47 bits per heavy atom. The van der Waals surface area contributed by atoms with Crippen LogP contribution in [0.2, 0.25) is 0 Å². The third kappa shape index (κ3) is 7.45. The zero-order valence-electron chi connectivity index (χ0n) is 27.4. The lowest BCUT2D eigenvalue weighted by Gasteiger charge is -2.34. The number of nitrogens with zero attached hydrogens (tertiary/aromatic N) is 2. The van der Waals surface area contributed by atoms with Crippen LogP contribution in [-0.4, -0.2) is 84.1 Å². The Labute approximate surface area is 277 Å². The molecule has 7 rings (SSSR count). The van der Waals surface area contributed by atoms with Gasteiger partial charge in [-0.3, -0.25) is 9.69 Å². The number of rotatable bonds is 11. The smallest absolute Gasteiger partial charge is 0.318 e. The van der Waals surface area contributed by atoms with E-state index in [1.54, 1.807) is 0 Å². The van der Waals surface area contributed by atoms with E-state index in [-0.39, 0.29) is 29.8 Å². The molecule has 0 saturated carbocycles. The first-order valence-corrected chi connectivity index (χ1v) is 17.4. The second kappa shape index (κ2) is 14.4. The van der Waals surface area contributed by atoms with Gasteiger partial charge in [-0.1, -0.05) is 79.7 Å². The molecule has 1 aromatic heterocycles. The number of carbonyl (C=O) groups is 2. The lowest BCUT2D eigenvalue weighted by atomic mass is 9.88. The van der Waals surface area contributed by atoms with E-state index in [0.717, 1.165) is 75.0 Å². The molecular formula is C39H47N5O3. The van der Waals surface area contributed by atoms with Gasteiger partial charge in [-0.05, 0) is 59.9 Å². The summed E-state index contributed by atoms with van der Waals surface area (Å²) in [6.07, 6.45) is 5.63. The van der Waals surface area contributed by atoms with Crippen LogP contribution in [0.25, 0.3) is 10.9 Å². The van der Waals surface area contributed by atoms with Gasteiger partial charge in [0, 0.05) is 61.8 Å². The van der Waals surface area contributed by atoms with E-state index in [2.05, 4.69) is 82.0 Å². The maximum absolute atomic E-state index is 14.2. The summed E-state index contributed by atoms with van der Waals surface area (Å²) < 4.78 is 5.50. The molecule has 0 radical (unpaired) electrons. The fourth-order valence-electron chi connectivity index (χ4n) is 7.58. The zero-order chi connectivity index (χ0) is 32.2. The number of H-pyrrole nitrogens is 1. The molecule has 47 heavy (non-hydrogen) atoms. The van der Waals surface area contributed by atoms with Crippen molar-refractivity contribution in [2.75, 3.05) is 39.4 Å². The minimum atomic E-state index is -0.632. The number of urea groups is 1. The maximum Gasteiger partial charge on any atom is 0.318 e. The number of Topliss-reactive ketones (excluding diaryl/α,β-unsaturated/α-hetero) is 1. The van der Waals surface area contributed by atoms with E-state index in [0.29, 0.717) is 19.0 Å². The van der Waals surface area contributed by atoms with Gasteiger partial charge >= 0.3 is 6.03 Å². The standard InChI is InChI=1S/C39H47N5O3/c1-27(33-25-40-34-13-6-5-12-32(33)34)36(42-39(46)44-18-16-31(17-19-44)30-10-3-2-4-11-30)38(45)37-35(41-37)15-14-28-8-7-9-29(24-28)26-43-20-22-47-23-21-43/h2-13,24-25,27,31,35-37,40-41H,14-23,26H2,1H3,(H,42,46)/t27-,35?,36+,37?/m0/s1. The molecule has 4 heterocycles. The summed E-state index contributed by atoms with van der Waals surface area (Å²) in [5, 5.41) is 7.79. The molecule has 2 amide bonds. The minimum absolute atomic E-state index is 0.0707. The number of nitrogens with one attached hydrogen (secondary N) is 3. The SMILES string of the molecule is C[C@@H](c1c[nH]c2ccccc12)[C@@H](NC(=O)N1CCC(c2ccccc2)CC1)C(=O)C1NC1CCc1cccc(CN2CCOCC2)c1. The number of fused-ring (bicyclic) bond motifs is 1. The molecule has 246 valence electrons. The van der Waals surface area contributed by atoms with Crippen molar-refractivity contribution in [3.05, 3.63) is 107 Å². The number of amides is 2. The van der Waals surface area contributed by atoms with Crippen molar-refractivity contribution >= 4 is 22.7 Å². The van der Waals surface area contributed by atoms with Gasteiger partial charge in [-0.15, -0.1) is 0 Å². The monoisotopic (exact) mass is 633 g/mol. The predicted octanol–water partition coefficient (Wildman–Crippen LogP) is 5.60. The van der Waals surface area contributed by atoms with Crippen LogP contribution in [0.1, 0.15) is 60.3 Å². The molecule has 3 fully saturated rings. The van der Waals surface area contributed by atoms with Crippen molar-refractivity contribution < 1.29 is 14.3 Å². The number of benzene rings is 3. The number of ketones is 1. The second-order valence-electron chi connectivity index (χ2n) is 13.6. The number of hydrogen-bond donors (Lipinski definition) is 3. The summed E-state index contributed by atoms with van der Waals surface area (Å²) in [6.45, 7) is 7.92. The Morgan fingerprint density at radius 2 is 1.66 bits per heavy atom. The highest BCUT2D eigenvalue weighted by Gasteiger charge is 2.46. The van der Waals surface area contributed by atoms with E-state index in [1.807, 2.05) is 35.4 Å². The number of aromatic amines is 1. The molecule has 8 heteroatoms. The van der Waals surface area contributed by atoms with Gasteiger partial charge in [0.05, 0.1) is 25.3 Å². The molecule has 4 aromatic rings. The molecule has 3 aliphatic rings. The van der Waals surface area contributed by atoms with Gasteiger partial charge in [0.2, 0.25) is 0 Å². The van der Waals surface area contributed by atoms with Gasteiger partial charge in [-0.25, -0.2) is 4.79 Å². The number of carbonyl (C=O) groups excluding carboxylic acids is 2. The van der Waals surface area contributed by atoms with Crippen LogP contribution in [0, 0.1) is 0 Å². The van der Waals surface area contributed by atoms with Gasteiger partial charge in [0.25, 0.3) is 0 Å². The second-order valence-corrected chi connectivity index (χ2v) is 13.6. The Balaban J connectivity index is 1.00. The van der Waals surface area contributed by atoms with Crippen LogP contribution < -0.4 is 10.6 Å². The Hall–Kier alpha value is -3.98. The number of hydrogen-bond acceptors (Lipinski definition) is 5. The highest BCUT2D eigenvalue weighted by molar-refractivity contribution is 5.96. The molecule has 3 aromatic carbocycles. The first kappa shape index (κ1) is 31.6. The zero-order valence-corrected chi connectivity index (χ0v) is 27.4. The number of aromatic nitrogens is 1. The van der Waals surface area contributed by atoms with Crippen molar-refractivity contribution in [1.29, 1.82) is 0 Å². The van der Waals surface area contributed by atoms with Gasteiger partial charge in [0.1, 0.15) is 0 Å². The Kier molecular flexibility index (Phi) is 9.70. The number of para-hydroxylation sites is 1. The van der Waals surface area contributed by atoms with Crippen molar-refractivity contribution in [3.8, 4) is 0 Å². The number of likely N-dealkylation sites (tertiary alicyclic amines) is 1. The largest absolute Gasteiger partial charge is 0.379 e. The van der Waals surface area contributed by atoms with E-state index in [1.165, 1.54) is 16.7 Å². The van der Waals surface area contributed by atoms with Crippen LogP contribution in [0.4, 0.5) is 4.79 Å². The van der Waals surface area contributed by atoms with Gasteiger partial charge in [-0.2, -0.15) is 0 Å². The summed E-state index contributed by atoms with van der Waals surface area (Å²) in [7, 11) is 0. The topological polar surface area (TPSA) is 99.6 Å². The molecule has 0 spiro atoms. The fourth-order valence-corrected chi connectivity index (χ4v) is 7.58. The van der Waals surface area contributed by atoms with Gasteiger partial charge in [0.15, 0.2) is 5.78 Å². The third-order valence-electron chi connectivity index (χ3n) is 10.5. The van der Waals surface area contributed by atoms with E-state index in [9.17, 15) is 9.59 Å². The van der Waals surface area contributed by atoms with Crippen LogP contribution in [0.15, 0.2) is 85.1 Å². The van der Waals surface area contributed by atoms with Crippen LogP contribution in [0.3, 0.4) is 0 Å². The summed E-state index contributed by atoms with van der Waals surface area (Å²) in [5.41, 5.74) is 6.04. The molecular weight excluding hydrogens is 586 g/mol. The molecule has 0 bridgehead atoms. The number of piperidine rings is 1. The van der Waals surface area contributed by atoms with Crippen molar-refractivity contribution in [3.63, 3.8) is 0 Å². The van der Waals surface area contributed by atoms with Crippen LogP contribution >= 0.6 is 0 Å². The third-order valence-corrected chi connectivity index (χ3v) is 10.5. The first-order valence-electron chi connectivity index (χ1n) is 17.4. The van der Waals surface area contributed by atoms with Crippen LogP contribution in [-0.2, 0) is 22.5 Å². The van der Waals surface area contributed by atoms with E-state index < -0.39 is 6.04 Å². The Morgan fingerprint density at radius 1 is 0.915 bits per heavy atom. The lowest BCUT2D eigenvalue weighted by molar-refractivity contribution is -0.121. The minimum Gasteiger partial charge on any atom is -0.379 e. The molecule has 2 unspecified atom stereocenters.